The van der Waals surface area contributed by atoms with E-state index in [0.29, 0.717) is 11.6 Å². The third kappa shape index (κ3) is 5.19. The summed E-state index contributed by atoms with van der Waals surface area (Å²) in [7, 11) is -2.07. The van der Waals surface area contributed by atoms with E-state index < -0.39 is 25.8 Å². The second kappa shape index (κ2) is 8.81. The van der Waals surface area contributed by atoms with E-state index in [9.17, 15) is 20.1 Å². The SMILES string of the molecule is C=CC[Si](C)(C)[C@@H](CC(=O)NC(=O)c1ccccc1)C(C#N)C#N. The Kier molecular flexibility index (Phi) is 7.10. The van der Waals surface area contributed by atoms with Crippen LogP contribution in [0.1, 0.15) is 16.8 Å². The molecule has 1 N–H and O–H groups in total. The number of hydrogen-bond acceptors (Lipinski definition) is 4. The summed E-state index contributed by atoms with van der Waals surface area (Å²) in [6.45, 7) is 7.76. The number of nitriles is 2. The maximum Gasteiger partial charge on any atom is 0.257 e. The first-order valence-electron chi connectivity index (χ1n) is 7.65. The van der Waals surface area contributed by atoms with Crippen LogP contribution >= 0.6 is 0 Å². The van der Waals surface area contributed by atoms with Crippen LogP contribution in [0.15, 0.2) is 43.0 Å². The van der Waals surface area contributed by atoms with Gasteiger partial charge in [-0.15, -0.1) is 6.58 Å². The van der Waals surface area contributed by atoms with Crippen LogP contribution < -0.4 is 5.32 Å². The predicted molar refractivity (Wildman–Crippen MR) is 94.5 cm³/mol. The van der Waals surface area contributed by atoms with E-state index in [1.165, 1.54) is 0 Å². The molecule has 0 saturated carbocycles. The van der Waals surface area contributed by atoms with Crippen molar-refractivity contribution in [2.75, 3.05) is 0 Å². The average molecular weight is 339 g/mol. The molecule has 0 aliphatic carbocycles. The van der Waals surface area contributed by atoms with E-state index >= 15 is 0 Å². The normalized spacial score (nSPS) is 11.9. The van der Waals surface area contributed by atoms with Gasteiger partial charge in [0.25, 0.3) is 5.91 Å². The van der Waals surface area contributed by atoms with E-state index in [2.05, 4.69) is 11.9 Å². The standard InChI is InChI=1S/C18H21N3O2Si/c1-4-10-24(2,3)16(15(12-19)13-20)11-17(22)21-18(23)14-8-6-5-7-9-14/h4-9,15-16H,1,10-11H2,2-3H3,(H,21,22,23)/t16-/m0/s1. The van der Waals surface area contributed by atoms with E-state index in [1.807, 2.05) is 25.2 Å². The van der Waals surface area contributed by atoms with Gasteiger partial charge in [0.2, 0.25) is 5.91 Å². The molecule has 0 fully saturated rings. The molecule has 2 amide bonds. The monoisotopic (exact) mass is 339 g/mol. The molecule has 0 aromatic heterocycles. The van der Waals surface area contributed by atoms with Crippen LogP contribution in [0.3, 0.4) is 0 Å². The van der Waals surface area contributed by atoms with E-state index in [1.54, 1.807) is 36.4 Å². The molecule has 0 aliphatic rings. The molecule has 0 spiro atoms. The number of benzene rings is 1. The zero-order valence-corrected chi connectivity index (χ0v) is 15.0. The van der Waals surface area contributed by atoms with Gasteiger partial charge in [0.15, 0.2) is 0 Å². The van der Waals surface area contributed by atoms with Gasteiger partial charge in [-0.05, 0) is 23.7 Å². The van der Waals surface area contributed by atoms with Gasteiger partial charge in [-0.3, -0.25) is 14.9 Å². The van der Waals surface area contributed by atoms with Crippen molar-refractivity contribution in [2.24, 2.45) is 5.92 Å². The van der Waals surface area contributed by atoms with Gasteiger partial charge in [0, 0.05) is 12.0 Å². The van der Waals surface area contributed by atoms with Crippen LogP contribution in [0.5, 0.6) is 0 Å². The molecule has 124 valence electrons. The highest BCUT2D eigenvalue weighted by Crippen LogP contribution is 2.36. The largest absolute Gasteiger partial charge is 0.292 e. The summed E-state index contributed by atoms with van der Waals surface area (Å²) in [6.07, 6.45) is 1.75. The highest BCUT2D eigenvalue weighted by molar-refractivity contribution is 6.79. The lowest BCUT2D eigenvalue weighted by Gasteiger charge is -2.31. The van der Waals surface area contributed by atoms with Crippen molar-refractivity contribution in [1.82, 2.24) is 5.32 Å². The van der Waals surface area contributed by atoms with Gasteiger partial charge in [-0.25, -0.2) is 0 Å². The number of carbonyl (C=O) groups excluding carboxylic acids is 2. The van der Waals surface area contributed by atoms with Crippen LogP contribution in [0.2, 0.25) is 24.7 Å². The quantitative estimate of drug-likeness (QED) is 0.609. The van der Waals surface area contributed by atoms with Crippen LogP contribution in [0, 0.1) is 28.6 Å². The summed E-state index contributed by atoms with van der Waals surface area (Å²) >= 11 is 0. The molecule has 0 bridgehead atoms. The smallest absolute Gasteiger partial charge is 0.257 e. The number of rotatable bonds is 7. The number of imide groups is 1. The summed E-state index contributed by atoms with van der Waals surface area (Å²) in [6, 6.07) is 13.1. The molecule has 24 heavy (non-hydrogen) atoms. The second-order valence-electron chi connectivity index (χ2n) is 6.27. The summed E-state index contributed by atoms with van der Waals surface area (Å²) in [5.74, 6) is -1.81. The number of amides is 2. The Morgan fingerprint density at radius 2 is 1.83 bits per heavy atom. The van der Waals surface area contributed by atoms with Crippen molar-refractivity contribution in [3.63, 3.8) is 0 Å². The minimum atomic E-state index is -2.07. The lowest BCUT2D eigenvalue weighted by molar-refractivity contribution is -0.120. The Labute approximate surface area is 143 Å². The van der Waals surface area contributed by atoms with Gasteiger partial charge >= 0.3 is 0 Å². The van der Waals surface area contributed by atoms with Gasteiger partial charge in [0.05, 0.1) is 20.2 Å². The Morgan fingerprint density at radius 1 is 1.25 bits per heavy atom. The topological polar surface area (TPSA) is 93.8 Å². The van der Waals surface area contributed by atoms with Gasteiger partial charge < -0.3 is 0 Å². The zero-order chi connectivity index (χ0) is 18.2. The summed E-state index contributed by atoms with van der Waals surface area (Å²) in [4.78, 5) is 24.3. The summed E-state index contributed by atoms with van der Waals surface area (Å²) < 4.78 is 0. The molecule has 0 radical (unpaired) electrons. The molecule has 0 aliphatic heterocycles. The maximum atomic E-state index is 12.3. The van der Waals surface area contributed by atoms with Crippen LogP contribution in [0.25, 0.3) is 0 Å². The van der Waals surface area contributed by atoms with Crippen molar-refractivity contribution in [2.45, 2.75) is 31.1 Å². The number of allylic oxidation sites excluding steroid dienone is 1. The van der Waals surface area contributed by atoms with E-state index in [4.69, 9.17) is 0 Å². The first-order chi connectivity index (χ1) is 11.4. The molecule has 6 heteroatoms. The number of nitrogens with zero attached hydrogens (tertiary/aromatic N) is 2. The lowest BCUT2D eigenvalue weighted by atomic mass is 10.1. The number of hydrogen-bond donors (Lipinski definition) is 1. The van der Waals surface area contributed by atoms with Gasteiger partial charge in [0.1, 0.15) is 5.92 Å². The van der Waals surface area contributed by atoms with E-state index in [0.717, 1.165) is 0 Å². The molecule has 1 aromatic rings. The molecule has 1 rings (SSSR count). The molecular formula is C18H21N3O2Si. The second-order valence-corrected chi connectivity index (χ2v) is 11.4. The Hall–Kier alpha value is -2.70. The fourth-order valence-electron chi connectivity index (χ4n) is 2.62. The average Bonchev–Trinajstić information content (AvgIpc) is 2.55. The maximum absolute atomic E-state index is 12.3. The third-order valence-corrected chi connectivity index (χ3v) is 7.93. The molecule has 0 saturated heterocycles. The number of carbonyl (C=O) groups is 2. The molecule has 1 aromatic carbocycles. The van der Waals surface area contributed by atoms with Crippen molar-refractivity contribution in [3.8, 4) is 12.1 Å². The highest BCUT2D eigenvalue weighted by atomic mass is 28.3. The first kappa shape index (κ1) is 19.3. The van der Waals surface area contributed by atoms with Gasteiger partial charge in [-0.2, -0.15) is 10.5 Å². The van der Waals surface area contributed by atoms with Crippen molar-refractivity contribution < 1.29 is 9.59 Å². The molecule has 5 nitrogen and oxygen atoms in total. The fourth-order valence-corrected chi connectivity index (χ4v) is 5.45. The minimum Gasteiger partial charge on any atom is -0.292 e. The first-order valence-corrected chi connectivity index (χ1v) is 10.9. The molecular weight excluding hydrogens is 318 g/mol. The lowest BCUT2D eigenvalue weighted by Crippen LogP contribution is -2.40. The Bertz CT molecular complexity index is 672. The third-order valence-electron chi connectivity index (χ3n) is 4.05. The minimum absolute atomic E-state index is 0.0164. The molecule has 0 heterocycles. The summed E-state index contributed by atoms with van der Waals surface area (Å²) in [5.41, 5.74) is 0.0242. The van der Waals surface area contributed by atoms with Crippen LogP contribution in [-0.2, 0) is 4.79 Å². The highest BCUT2D eigenvalue weighted by Gasteiger charge is 2.38. The Morgan fingerprint density at radius 3 is 2.33 bits per heavy atom. The number of nitrogens with one attached hydrogen (secondary N) is 1. The van der Waals surface area contributed by atoms with Crippen LogP contribution in [-0.4, -0.2) is 19.9 Å². The Balaban J connectivity index is 2.89. The fraction of sp³-hybridized carbons (Fsp3) is 0.333. The van der Waals surface area contributed by atoms with Crippen LogP contribution in [0.4, 0.5) is 0 Å². The molecule has 0 unspecified atom stereocenters. The predicted octanol–water partition coefficient (Wildman–Crippen LogP) is 3.26. The van der Waals surface area contributed by atoms with Crippen molar-refractivity contribution >= 4 is 19.9 Å². The van der Waals surface area contributed by atoms with Crippen molar-refractivity contribution in [3.05, 3.63) is 48.6 Å². The van der Waals surface area contributed by atoms with E-state index in [-0.39, 0.29) is 12.0 Å². The van der Waals surface area contributed by atoms with Gasteiger partial charge in [-0.1, -0.05) is 37.4 Å². The van der Waals surface area contributed by atoms with Crippen molar-refractivity contribution in [1.29, 1.82) is 10.5 Å². The summed E-state index contributed by atoms with van der Waals surface area (Å²) in [5, 5.41) is 20.8. The molecule has 1 atom stereocenters. The zero-order valence-electron chi connectivity index (χ0n) is 14.0.